The van der Waals surface area contributed by atoms with Gasteiger partial charge < -0.3 is 21.1 Å². The van der Waals surface area contributed by atoms with Crippen LogP contribution in [0.25, 0.3) is 0 Å². The van der Waals surface area contributed by atoms with E-state index < -0.39 is 6.03 Å². The maximum absolute atomic E-state index is 10.2. The molecule has 0 fully saturated rings. The smallest absolute Gasteiger partial charge is 0.312 e. The fourth-order valence-electron chi connectivity index (χ4n) is 0.920. The minimum atomic E-state index is -0.505. The minimum absolute atomic E-state index is 0.476. The first-order chi connectivity index (χ1) is 6.77. The number of nitrogens with one attached hydrogen (secondary N) is 2. The molecule has 84 valence electrons. The van der Waals surface area contributed by atoms with Crippen LogP contribution in [0.2, 0.25) is 0 Å². The van der Waals surface area contributed by atoms with Crippen molar-refractivity contribution in [3.05, 3.63) is 0 Å². The number of amides is 2. The minimum Gasteiger partial charge on any atom is -0.378 e. The van der Waals surface area contributed by atoms with Gasteiger partial charge in [0.2, 0.25) is 0 Å². The molecule has 14 heavy (non-hydrogen) atoms. The highest BCUT2D eigenvalue weighted by atomic mass is 16.5. The topological polar surface area (TPSA) is 76.4 Å². The van der Waals surface area contributed by atoms with E-state index in [9.17, 15) is 4.79 Å². The lowest BCUT2D eigenvalue weighted by Crippen LogP contribution is -2.32. The largest absolute Gasteiger partial charge is 0.378 e. The number of unbranched alkanes of at least 4 members (excludes halogenated alkanes) is 1. The van der Waals surface area contributed by atoms with Gasteiger partial charge in [-0.3, -0.25) is 0 Å². The van der Waals surface area contributed by atoms with Crippen LogP contribution < -0.4 is 16.4 Å². The number of ether oxygens (including phenoxy) is 1. The number of rotatable bonds is 9. The molecule has 0 rings (SSSR count). The molecule has 0 spiro atoms. The highest BCUT2D eigenvalue weighted by Crippen LogP contribution is 1.81. The van der Waals surface area contributed by atoms with Gasteiger partial charge in [0.25, 0.3) is 0 Å². The summed E-state index contributed by atoms with van der Waals surface area (Å²) in [7, 11) is 0. The summed E-state index contributed by atoms with van der Waals surface area (Å²) >= 11 is 0. The monoisotopic (exact) mass is 203 g/mol. The Balaban J connectivity index is 2.88. The second kappa shape index (κ2) is 10.3. The maximum atomic E-state index is 10.2. The molecule has 0 bridgehead atoms. The highest BCUT2D eigenvalue weighted by molar-refractivity contribution is 5.71. The van der Waals surface area contributed by atoms with Crippen LogP contribution in [0, 0.1) is 0 Å². The van der Waals surface area contributed by atoms with Gasteiger partial charge in [-0.25, -0.2) is 4.79 Å². The average molecular weight is 203 g/mol. The molecule has 0 aromatic heterocycles. The van der Waals surface area contributed by atoms with Crippen LogP contribution in [-0.4, -0.2) is 38.9 Å². The Morgan fingerprint density at radius 3 is 2.64 bits per heavy atom. The van der Waals surface area contributed by atoms with Crippen LogP contribution in [0.1, 0.15) is 19.8 Å². The molecule has 0 radical (unpaired) electrons. The van der Waals surface area contributed by atoms with Gasteiger partial charge in [-0.2, -0.15) is 0 Å². The Kier molecular flexibility index (Phi) is 9.68. The molecule has 2 amide bonds. The summed E-state index contributed by atoms with van der Waals surface area (Å²) in [5.41, 5.74) is 4.87. The van der Waals surface area contributed by atoms with Crippen molar-refractivity contribution in [1.29, 1.82) is 0 Å². The molecule has 0 aliphatic heterocycles. The first kappa shape index (κ1) is 13.2. The quantitative estimate of drug-likeness (QED) is 0.464. The van der Waals surface area contributed by atoms with Crippen LogP contribution in [-0.2, 0) is 4.74 Å². The molecule has 0 saturated heterocycles. The predicted octanol–water partition coefficient (Wildman–Crippen LogP) is 0.0610. The molecule has 4 N–H and O–H groups in total. The van der Waals surface area contributed by atoms with Gasteiger partial charge >= 0.3 is 6.03 Å². The van der Waals surface area contributed by atoms with Crippen LogP contribution in [0.3, 0.4) is 0 Å². The van der Waals surface area contributed by atoms with E-state index in [1.807, 2.05) is 0 Å². The maximum Gasteiger partial charge on any atom is 0.312 e. The van der Waals surface area contributed by atoms with Crippen molar-refractivity contribution in [2.45, 2.75) is 19.8 Å². The van der Waals surface area contributed by atoms with E-state index in [1.165, 1.54) is 12.8 Å². The lowest BCUT2D eigenvalue weighted by Gasteiger charge is -2.05. The van der Waals surface area contributed by atoms with Crippen molar-refractivity contribution in [2.24, 2.45) is 5.73 Å². The standard InChI is InChI=1S/C9H21N3O2/c1-2-3-4-11-5-7-14-8-6-12-9(10)13/h11H,2-8H2,1H3,(H3,10,12,13). The van der Waals surface area contributed by atoms with E-state index >= 15 is 0 Å². The second-order valence-corrected chi connectivity index (χ2v) is 3.01. The Labute approximate surface area is 85.4 Å². The van der Waals surface area contributed by atoms with E-state index in [-0.39, 0.29) is 0 Å². The average Bonchev–Trinajstić information content (AvgIpc) is 2.15. The number of primary amides is 1. The Hall–Kier alpha value is -0.810. The first-order valence-corrected chi connectivity index (χ1v) is 5.09. The summed E-state index contributed by atoms with van der Waals surface area (Å²) in [6.07, 6.45) is 2.40. The fourth-order valence-corrected chi connectivity index (χ4v) is 0.920. The van der Waals surface area contributed by atoms with Crippen LogP contribution in [0.4, 0.5) is 4.79 Å². The molecular weight excluding hydrogens is 182 g/mol. The Bertz CT molecular complexity index is 142. The van der Waals surface area contributed by atoms with Gasteiger partial charge in [0.15, 0.2) is 0 Å². The third-order valence-corrected chi connectivity index (χ3v) is 1.68. The van der Waals surface area contributed by atoms with E-state index in [0.717, 1.165) is 13.1 Å². The van der Waals surface area contributed by atoms with E-state index in [0.29, 0.717) is 19.8 Å². The molecule has 0 aliphatic rings. The van der Waals surface area contributed by atoms with E-state index in [1.54, 1.807) is 0 Å². The zero-order chi connectivity index (χ0) is 10.6. The lowest BCUT2D eigenvalue weighted by atomic mass is 10.3. The summed E-state index contributed by atoms with van der Waals surface area (Å²) in [6, 6.07) is -0.505. The number of hydrogen-bond donors (Lipinski definition) is 3. The van der Waals surface area contributed by atoms with Crippen molar-refractivity contribution in [3.63, 3.8) is 0 Å². The Morgan fingerprint density at radius 2 is 2.00 bits per heavy atom. The Morgan fingerprint density at radius 1 is 1.29 bits per heavy atom. The number of carbonyl (C=O) groups is 1. The third-order valence-electron chi connectivity index (χ3n) is 1.68. The van der Waals surface area contributed by atoms with E-state index in [4.69, 9.17) is 10.5 Å². The van der Waals surface area contributed by atoms with Gasteiger partial charge in [-0.15, -0.1) is 0 Å². The lowest BCUT2D eigenvalue weighted by molar-refractivity contribution is 0.138. The molecular formula is C9H21N3O2. The van der Waals surface area contributed by atoms with Gasteiger partial charge in [0.1, 0.15) is 0 Å². The molecule has 0 atom stereocenters. The fraction of sp³-hybridized carbons (Fsp3) is 0.889. The van der Waals surface area contributed by atoms with Crippen molar-refractivity contribution in [3.8, 4) is 0 Å². The molecule has 0 aromatic rings. The number of carbonyl (C=O) groups excluding carboxylic acids is 1. The zero-order valence-electron chi connectivity index (χ0n) is 8.84. The molecule has 0 heterocycles. The molecule has 5 heteroatoms. The molecule has 0 aliphatic carbocycles. The number of nitrogens with two attached hydrogens (primary N) is 1. The van der Waals surface area contributed by atoms with Crippen LogP contribution >= 0.6 is 0 Å². The van der Waals surface area contributed by atoms with Crippen molar-refractivity contribution >= 4 is 6.03 Å². The van der Waals surface area contributed by atoms with Crippen molar-refractivity contribution < 1.29 is 9.53 Å². The highest BCUT2D eigenvalue weighted by Gasteiger charge is 1.91. The molecule has 0 unspecified atom stereocenters. The van der Waals surface area contributed by atoms with Gasteiger partial charge in [-0.05, 0) is 13.0 Å². The van der Waals surface area contributed by atoms with Gasteiger partial charge in [0, 0.05) is 13.1 Å². The predicted molar refractivity (Wildman–Crippen MR) is 56.2 cm³/mol. The van der Waals surface area contributed by atoms with E-state index in [2.05, 4.69) is 17.6 Å². The summed E-state index contributed by atoms with van der Waals surface area (Å²) in [5.74, 6) is 0. The van der Waals surface area contributed by atoms with Gasteiger partial charge in [0.05, 0.1) is 13.2 Å². The zero-order valence-corrected chi connectivity index (χ0v) is 8.84. The summed E-state index contributed by atoms with van der Waals surface area (Å²) in [4.78, 5) is 10.2. The van der Waals surface area contributed by atoms with Crippen molar-refractivity contribution in [1.82, 2.24) is 10.6 Å². The second-order valence-electron chi connectivity index (χ2n) is 3.01. The molecule has 0 saturated carbocycles. The summed E-state index contributed by atoms with van der Waals surface area (Å²) < 4.78 is 5.23. The molecule has 5 nitrogen and oxygen atoms in total. The summed E-state index contributed by atoms with van der Waals surface area (Å²) in [6.45, 7) is 5.72. The normalized spacial score (nSPS) is 10.1. The number of urea groups is 1. The SMILES string of the molecule is CCCCNCCOCCNC(N)=O. The summed E-state index contributed by atoms with van der Waals surface area (Å²) in [5, 5.41) is 5.70. The van der Waals surface area contributed by atoms with Crippen LogP contribution in [0.5, 0.6) is 0 Å². The number of hydrogen-bond acceptors (Lipinski definition) is 3. The van der Waals surface area contributed by atoms with Crippen LogP contribution in [0.15, 0.2) is 0 Å². The molecule has 0 aromatic carbocycles. The first-order valence-electron chi connectivity index (χ1n) is 5.09. The van der Waals surface area contributed by atoms with Gasteiger partial charge in [-0.1, -0.05) is 13.3 Å². The van der Waals surface area contributed by atoms with Crippen molar-refractivity contribution in [2.75, 3.05) is 32.8 Å². The third kappa shape index (κ3) is 11.2.